The SMILES string of the molecule is CC(NC(=O)C1CCc2nc(-c3cccnc3)sc2C1)c1ccccc1. The molecule has 0 bridgehead atoms. The van der Waals surface area contributed by atoms with Crippen LogP contribution in [0.3, 0.4) is 0 Å². The van der Waals surface area contributed by atoms with Gasteiger partial charge in [0, 0.05) is 28.8 Å². The van der Waals surface area contributed by atoms with Gasteiger partial charge in [-0.05, 0) is 43.9 Å². The Balaban J connectivity index is 1.45. The van der Waals surface area contributed by atoms with Crippen LogP contribution in [0.1, 0.15) is 35.5 Å². The van der Waals surface area contributed by atoms with Gasteiger partial charge in [0.25, 0.3) is 0 Å². The molecule has 2 aromatic heterocycles. The van der Waals surface area contributed by atoms with Crippen molar-refractivity contribution >= 4 is 17.2 Å². The van der Waals surface area contributed by atoms with Crippen molar-refractivity contribution in [1.29, 1.82) is 0 Å². The number of nitrogens with one attached hydrogen (secondary N) is 1. The molecule has 1 amide bonds. The minimum atomic E-state index is 0.0239. The Hall–Kier alpha value is -2.53. The number of aromatic nitrogens is 2. The van der Waals surface area contributed by atoms with Gasteiger partial charge >= 0.3 is 0 Å². The number of benzene rings is 1. The molecule has 2 unspecified atom stereocenters. The Morgan fingerprint density at radius 3 is 2.85 bits per heavy atom. The third-order valence-electron chi connectivity index (χ3n) is 4.88. The molecule has 4 nitrogen and oxygen atoms in total. The van der Waals surface area contributed by atoms with Crippen LogP contribution in [-0.4, -0.2) is 15.9 Å². The van der Waals surface area contributed by atoms with Crippen LogP contribution in [0, 0.1) is 5.92 Å². The van der Waals surface area contributed by atoms with Gasteiger partial charge < -0.3 is 5.32 Å². The Morgan fingerprint density at radius 1 is 1.23 bits per heavy atom. The average molecular weight is 363 g/mol. The molecule has 26 heavy (non-hydrogen) atoms. The second-order valence-corrected chi connectivity index (χ2v) is 7.79. The highest BCUT2D eigenvalue weighted by atomic mass is 32.1. The van der Waals surface area contributed by atoms with Crippen LogP contribution in [0.25, 0.3) is 10.6 Å². The van der Waals surface area contributed by atoms with E-state index in [4.69, 9.17) is 4.98 Å². The van der Waals surface area contributed by atoms with E-state index in [0.717, 1.165) is 41.1 Å². The maximum absolute atomic E-state index is 12.7. The first-order valence-electron chi connectivity index (χ1n) is 8.95. The first-order chi connectivity index (χ1) is 12.7. The summed E-state index contributed by atoms with van der Waals surface area (Å²) in [5.74, 6) is 0.166. The molecule has 4 rings (SSSR count). The Labute approximate surface area is 157 Å². The van der Waals surface area contributed by atoms with Crippen molar-refractivity contribution in [2.24, 2.45) is 5.92 Å². The maximum atomic E-state index is 12.7. The van der Waals surface area contributed by atoms with Crippen molar-refractivity contribution in [2.75, 3.05) is 0 Å². The highest BCUT2D eigenvalue weighted by Gasteiger charge is 2.28. The number of hydrogen-bond acceptors (Lipinski definition) is 4. The molecule has 0 saturated carbocycles. The molecule has 5 heteroatoms. The van der Waals surface area contributed by atoms with E-state index in [1.807, 2.05) is 55.6 Å². The van der Waals surface area contributed by atoms with Crippen LogP contribution in [0.15, 0.2) is 54.9 Å². The van der Waals surface area contributed by atoms with Crippen LogP contribution in [0.4, 0.5) is 0 Å². The lowest BCUT2D eigenvalue weighted by atomic mass is 9.90. The summed E-state index contributed by atoms with van der Waals surface area (Å²) in [4.78, 5) is 22.9. The highest BCUT2D eigenvalue weighted by Crippen LogP contribution is 2.34. The van der Waals surface area contributed by atoms with Crippen LogP contribution in [0.2, 0.25) is 0 Å². The summed E-state index contributed by atoms with van der Waals surface area (Å²) < 4.78 is 0. The van der Waals surface area contributed by atoms with Gasteiger partial charge in [-0.1, -0.05) is 30.3 Å². The number of fused-ring (bicyclic) bond motifs is 1. The van der Waals surface area contributed by atoms with E-state index in [1.165, 1.54) is 4.88 Å². The number of pyridine rings is 1. The molecular formula is C21H21N3OS. The van der Waals surface area contributed by atoms with Crippen molar-refractivity contribution in [2.45, 2.75) is 32.2 Å². The van der Waals surface area contributed by atoms with Gasteiger partial charge in [0.1, 0.15) is 5.01 Å². The summed E-state index contributed by atoms with van der Waals surface area (Å²) in [5, 5.41) is 4.17. The fourth-order valence-electron chi connectivity index (χ4n) is 3.37. The van der Waals surface area contributed by atoms with Gasteiger partial charge in [-0.25, -0.2) is 4.98 Å². The molecule has 1 N–H and O–H groups in total. The predicted molar refractivity (Wildman–Crippen MR) is 104 cm³/mol. The minimum Gasteiger partial charge on any atom is -0.349 e. The first-order valence-corrected chi connectivity index (χ1v) is 9.76. The number of nitrogens with zero attached hydrogens (tertiary/aromatic N) is 2. The Kier molecular flexibility index (Phi) is 4.80. The number of hydrogen-bond donors (Lipinski definition) is 1. The van der Waals surface area contributed by atoms with E-state index in [2.05, 4.69) is 10.3 Å². The minimum absolute atomic E-state index is 0.0239. The van der Waals surface area contributed by atoms with Crippen LogP contribution in [-0.2, 0) is 17.6 Å². The quantitative estimate of drug-likeness (QED) is 0.756. The largest absolute Gasteiger partial charge is 0.349 e. The fraction of sp³-hybridized carbons (Fsp3) is 0.286. The molecule has 0 fully saturated rings. The molecular weight excluding hydrogens is 342 g/mol. The summed E-state index contributed by atoms with van der Waals surface area (Å²) in [7, 11) is 0. The molecule has 1 aromatic carbocycles. The molecule has 1 aliphatic rings. The lowest BCUT2D eigenvalue weighted by Gasteiger charge is -2.23. The summed E-state index contributed by atoms with van der Waals surface area (Å²) in [6.45, 7) is 2.04. The van der Waals surface area contributed by atoms with Gasteiger partial charge in [0.2, 0.25) is 5.91 Å². The predicted octanol–water partition coefficient (Wildman–Crippen LogP) is 4.19. The van der Waals surface area contributed by atoms with E-state index in [0.29, 0.717) is 0 Å². The summed E-state index contributed by atoms with van der Waals surface area (Å²) in [5.41, 5.74) is 3.33. The second-order valence-electron chi connectivity index (χ2n) is 6.71. The molecule has 0 spiro atoms. The van der Waals surface area contributed by atoms with Gasteiger partial charge in [0.15, 0.2) is 0 Å². The summed E-state index contributed by atoms with van der Waals surface area (Å²) >= 11 is 1.69. The molecule has 132 valence electrons. The topological polar surface area (TPSA) is 54.9 Å². The summed E-state index contributed by atoms with van der Waals surface area (Å²) in [6, 6.07) is 14.1. The monoisotopic (exact) mass is 363 g/mol. The Morgan fingerprint density at radius 2 is 2.08 bits per heavy atom. The van der Waals surface area contributed by atoms with Crippen molar-refractivity contribution in [3.8, 4) is 10.6 Å². The van der Waals surface area contributed by atoms with Gasteiger partial charge in [-0.3, -0.25) is 9.78 Å². The van der Waals surface area contributed by atoms with Crippen LogP contribution >= 0.6 is 11.3 Å². The van der Waals surface area contributed by atoms with Gasteiger partial charge in [0.05, 0.1) is 11.7 Å². The number of rotatable bonds is 4. The normalized spacial score (nSPS) is 17.3. The van der Waals surface area contributed by atoms with Crippen molar-refractivity contribution in [3.05, 3.63) is 71.0 Å². The zero-order chi connectivity index (χ0) is 17.9. The second kappa shape index (κ2) is 7.38. The van der Waals surface area contributed by atoms with E-state index >= 15 is 0 Å². The number of aryl methyl sites for hydroxylation is 1. The van der Waals surface area contributed by atoms with E-state index in [1.54, 1.807) is 17.5 Å². The van der Waals surface area contributed by atoms with Crippen LogP contribution in [0.5, 0.6) is 0 Å². The van der Waals surface area contributed by atoms with Crippen LogP contribution < -0.4 is 5.32 Å². The molecule has 1 aliphatic carbocycles. The smallest absolute Gasteiger partial charge is 0.223 e. The zero-order valence-corrected chi connectivity index (χ0v) is 15.5. The highest BCUT2D eigenvalue weighted by molar-refractivity contribution is 7.15. The maximum Gasteiger partial charge on any atom is 0.223 e. The number of amides is 1. The summed E-state index contributed by atoms with van der Waals surface area (Å²) in [6.07, 6.45) is 6.11. The van der Waals surface area contributed by atoms with Gasteiger partial charge in [-0.2, -0.15) is 0 Å². The third-order valence-corrected chi connectivity index (χ3v) is 6.05. The van der Waals surface area contributed by atoms with E-state index in [9.17, 15) is 4.79 Å². The molecule has 3 aromatic rings. The average Bonchev–Trinajstić information content (AvgIpc) is 3.12. The third kappa shape index (κ3) is 3.53. The first kappa shape index (κ1) is 16.9. The molecule has 0 saturated heterocycles. The standard InChI is InChI=1S/C21H21N3OS/c1-14(15-6-3-2-4-7-15)23-20(25)16-9-10-18-19(12-16)26-21(24-18)17-8-5-11-22-13-17/h2-8,11,13-14,16H,9-10,12H2,1H3,(H,23,25). The molecule has 2 heterocycles. The lowest BCUT2D eigenvalue weighted by Crippen LogP contribution is -2.35. The lowest BCUT2D eigenvalue weighted by molar-refractivity contribution is -0.126. The van der Waals surface area contributed by atoms with E-state index < -0.39 is 0 Å². The van der Waals surface area contributed by atoms with Crippen molar-refractivity contribution < 1.29 is 4.79 Å². The van der Waals surface area contributed by atoms with Crippen molar-refractivity contribution in [3.63, 3.8) is 0 Å². The fourth-order valence-corrected chi connectivity index (χ4v) is 4.55. The molecule has 2 atom stereocenters. The molecule has 0 radical (unpaired) electrons. The van der Waals surface area contributed by atoms with Gasteiger partial charge in [-0.15, -0.1) is 11.3 Å². The number of carbonyl (C=O) groups is 1. The number of thiazole rings is 1. The van der Waals surface area contributed by atoms with Crippen molar-refractivity contribution in [1.82, 2.24) is 15.3 Å². The zero-order valence-electron chi connectivity index (χ0n) is 14.7. The Bertz CT molecular complexity index is 892. The number of carbonyl (C=O) groups excluding carboxylic acids is 1. The molecule has 0 aliphatic heterocycles. The van der Waals surface area contributed by atoms with E-state index in [-0.39, 0.29) is 17.9 Å².